The van der Waals surface area contributed by atoms with Crippen LogP contribution in [0.1, 0.15) is 16.8 Å². The minimum absolute atomic E-state index is 0.0133. The third-order valence-corrected chi connectivity index (χ3v) is 5.21. The van der Waals surface area contributed by atoms with Gasteiger partial charge in [0.2, 0.25) is 0 Å². The van der Waals surface area contributed by atoms with Gasteiger partial charge >= 0.3 is 0 Å². The zero-order valence-corrected chi connectivity index (χ0v) is 16.0. The number of fused-ring (bicyclic) bond motifs is 1. The van der Waals surface area contributed by atoms with Gasteiger partial charge in [0.15, 0.2) is 5.16 Å². The molecule has 1 N–H and O–H groups in total. The van der Waals surface area contributed by atoms with Crippen molar-refractivity contribution in [2.75, 3.05) is 12.8 Å². The van der Waals surface area contributed by atoms with Crippen LogP contribution in [0.3, 0.4) is 0 Å². The highest BCUT2D eigenvalue weighted by atomic mass is 32.2. The van der Waals surface area contributed by atoms with E-state index < -0.39 is 0 Å². The van der Waals surface area contributed by atoms with E-state index in [4.69, 9.17) is 4.74 Å². The lowest BCUT2D eigenvalue weighted by atomic mass is 10.1. The van der Waals surface area contributed by atoms with Gasteiger partial charge in [0, 0.05) is 26.1 Å². The highest BCUT2D eigenvalue weighted by Crippen LogP contribution is 2.23. The van der Waals surface area contributed by atoms with Gasteiger partial charge in [-0.15, -0.1) is 0 Å². The minimum atomic E-state index is -0.0133. The van der Waals surface area contributed by atoms with E-state index in [0.29, 0.717) is 11.7 Å². The first-order valence-corrected chi connectivity index (χ1v) is 10.1. The average molecular weight is 379 g/mol. The molecule has 5 nitrogen and oxygen atoms in total. The van der Waals surface area contributed by atoms with E-state index in [0.717, 1.165) is 42.3 Å². The molecule has 0 saturated heterocycles. The molecular weight excluding hydrogens is 358 g/mol. The summed E-state index contributed by atoms with van der Waals surface area (Å²) in [7, 11) is 0. The Morgan fingerprint density at radius 3 is 2.59 bits per heavy atom. The molecule has 4 rings (SSSR count). The minimum Gasteiger partial charge on any atom is -0.457 e. The summed E-state index contributed by atoms with van der Waals surface area (Å²) >= 11 is 1.47. The summed E-state index contributed by atoms with van der Waals surface area (Å²) in [6, 6.07) is 17.9. The van der Waals surface area contributed by atoms with Crippen molar-refractivity contribution in [3.8, 4) is 11.5 Å². The molecule has 0 unspecified atom stereocenters. The lowest BCUT2D eigenvalue weighted by Gasteiger charge is -2.27. The molecule has 27 heavy (non-hydrogen) atoms. The Bertz CT molecular complexity index is 971. The van der Waals surface area contributed by atoms with E-state index in [1.54, 1.807) is 0 Å². The molecule has 0 amide bonds. The number of aromatic nitrogens is 2. The summed E-state index contributed by atoms with van der Waals surface area (Å²) in [4.78, 5) is 22.0. The van der Waals surface area contributed by atoms with E-state index in [2.05, 4.69) is 27.0 Å². The zero-order valence-electron chi connectivity index (χ0n) is 15.1. The Kier molecular flexibility index (Phi) is 5.27. The molecule has 0 atom stereocenters. The molecule has 138 valence electrons. The van der Waals surface area contributed by atoms with Crippen molar-refractivity contribution in [3.63, 3.8) is 0 Å². The topological polar surface area (TPSA) is 58.2 Å². The average Bonchev–Trinajstić information content (AvgIpc) is 2.70. The summed E-state index contributed by atoms with van der Waals surface area (Å²) in [6.45, 7) is 2.34. The van der Waals surface area contributed by atoms with Crippen molar-refractivity contribution in [2.24, 2.45) is 0 Å². The van der Waals surface area contributed by atoms with E-state index in [1.807, 2.05) is 48.7 Å². The highest BCUT2D eigenvalue weighted by molar-refractivity contribution is 7.98. The molecule has 0 radical (unpaired) electrons. The maximum absolute atomic E-state index is 12.3. The molecule has 0 fully saturated rings. The molecular formula is C21H21N3O2S. The van der Waals surface area contributed by atoms with Crippen LogP contribution in [0, 0.1) is 0 Å². The van der Waals surface area contributed by atoms with Gasteiger partial charge in [-0.2, -0.15) is 0 Å². The second-order valence-corrected chi connectivity index (χ2v) is 7.32. The second kappa shape index (κ2) is 7.98. The van der Waals surface area contributed by atoms with Crippen LogP contribution in [-0.4, -0.2) is 27.7 Å². The van der Waals surface area contributed by atoms with Crippen molar-refractivity contribution in [2.45, 2.75) is 24.7 Å². The SMILES string of the molecule is CSc1nc2c(c(=O)[nH]1)CN(Cc1ccc(Oc3ccccc3)cc1)CC2. The first-order chi connectivity index (χ1) is 13.2. The smallest absolute Gasteiger partial charge is 0.256 e. The van der Waals surface area contributed by atoms with Gasteiger partial charge in [-0.1, -0.05) is 42.1 Å². The van der Waals surface area contributed by atoms with Gasteiger partial charge in [-0.05, 0) is 36.1 Å². The number of H-pyrrole nitrogens is 1. The van der Waals surface area contributed by atoms with Gasteiger partial charge in [-0.25, -0.2) is 4.98 Å². The lowest BCUT2D eigenvalue weighted by molar-refractivity contribution is 0.241. The van der Waals surface area contributed by atoms with Crippen molar-refractivity contribution in [1.82, 2.24) is 14.9 Å². The van der Waals surface area contributed by atoms with Crippen LogP contribution in [0.5, 0.6) is 11.5 Å². The predicted molar refractivity (Wildman–Crippen MR) is 107 cm³/mol. The molecule has 3 aromatic rings. The number of rotatable bonds is 5. The summed E-state index contributed by atoms with van der Waals surface area (Å²) < 4.78 is 5.84. The summed E-state index contributed by atoms with van der Waals surface area (Å²) in [5.41, 5.74) is 2.92. The zero-order chi connectivity index (χ0) is 18.6. The summed E-state index contributed by atoms with van der Waals surface area (Å²) in [5.74, 6) is 1.65. The molecule has 1 aliphatic heterocycles. The van der Waals surface area contributed by atoms with Gasteiger partial charge in [0.1, 0.15) is 11.5 Å². The number of ether oxygens (including phenoxy) is 1. The number of nitrogens with zero attached hydrogens (tertiary/aromatic N) is 2. The first kappa shape index (κ1) is 17.8. The van der Waals surface area contributed by atoms with Crippen molar-refractivity contribution < 1.29 is 4.74 Å². The monoisotopic (exact) mass is 379 g/mol. The van der Waals surface area contributed by atoms with Crippen molar-refractivity contribution in [3.05, 3.63) is 81.8 Å². The van der Waals surface area contributed by atoms with Crippen LogP contribution in [0.25, 0.3) is 0 Å². The van der Waals surface area contributed by atoms with Crippen LogP contribution < -0.4 is 10.3 Å². The van der Waals surface area contributed by atoms with Crippen molar-refractivity contribution >= 4 is 11.8 Å². The van der Waals surface area contributed by atoms with Gasteiger partial charge in [0.25, 0.3) is 5.56 Å². The molecule has 0 saturated carbocycles. The Morgan fingerprint density at radius 1 is 1.11 bits per heavy atom. The predicted octanol–water partition coefficient (Wildman–Crippen LogP) is 3.84. The Morgan fingerprint density at radius 2 is 1.85 bits per heavy atom. The van der Waals surface area contributed by atoms with Crippen LogP contribution in [0.4, 0.5) is 0 Å². The number of hydrogen-bond donors (Lipinski definition) is 1. The number of benzene rings is 2. The number of nitrogens with one attached hydrogen (secondary N) is 1. The lowest BCUT2D eigenvalue weighted by Crippen LogP contribution is -2.35. The van der Waals surface area contributed by atoms with Crippen LogP contribution >= 0.6 is 11.8 Å². The first-order valence-electron chi connectivity index (χ1n) is 8.91. The second-order valence-electron chi connectivity index (χ2n) is 6.52. The molecule has 0 spiro atoms. The van der Waals surface area contributed by atoms with Gasteiger partial charge in [0.05, 0.1) is 11.3 Å². The Balaban J connectivity index is 1.42. The van der Waals surface area contributed by atoms with E-state index in [1.165, 1.54) is 17.3 Å². The molecule has 2 aromatic carbocycles. The molecule has 0 bridgehead atoms. The number of aromatic amines is 1. The molecule has 1 aliphatic rings. The number of hydrogen-bond acceptors (Lipinski definition) is 5. The van der Waals surface area contributed by atoms with Gasteiger partial charge in [-0.3, -0.25) is 9.69 Å². The molecule has 1 aromatic heterocycles. The number of para-hydroxylation sites is 1. The van der Waals surface area contributed by atoms with Crippen LogP contribution in [0.2, 0.25) is 0 Å². The Hall–Kier alpha value is -2.57. The summed E-state index contributed by atoms with van der Waals surface area (Å²) in [5, 5.41) is 0.696. The third kappa shape index (κ3) is 4.23. The van der Waals surface area contributed by atoms with E-state index in [9.17, 15) is 4.79 Å². The maximum atomic E-state index is 12.3. The fraction of sp³-hybridized carbons (Fsp3) is 0.238. The number of thioether (sulfide) groups is 1. The van der Waals surface area contributed by atoms with Crippen LogP contribution in [0.15, 0.2) is 64.5 Å². The standard InChI is InChI=1S/C21H21N3O2S/c1-27-21-22-19-11-12-24(14-18(19)20(25)23-21)13-15-7-9-17(10-8-15)26-16-5-3-2-4-6-16/h2-10H,11-14H2,1H3,(H,22,23,25). The van der Waals surface area contributed by atoms with Crippen molar-refractivity contribution in [1.29, 1.82) is 0 Å². The van der Waals surface area contributed by atoms with Gasteiger partial charge < -0.3 is 9.72 Å². The molecule has 6 heteroatoms. The normalized spacial score (nSPS) is 14.0. The van der Waals surface area contributed by atoms with Crippen LogP contribution in [-0.2, 0) is 19.5 Å². The van der Waals surface area contributed by atoms with E-state index >= 15 is 0 Å². The molecule has 0 aliphatic carbocycles. The van der Waals surface area contributed by atoms with E-state index in [-0.39, 0.29) is 5.56 Å². The quantitative estimate of drug-likeness (QED) is 0.539. The Labute approximate surface area is 162 Å². The largest absolute Gasteiger partial charge is 0.457 e. The summed E-state index contributed by atoms with van der Waals surface area (Å²) in [6.07, 6.45) is 2.73. The highest BCUT2D eigenvalue weighted by Gasteiger charge is 2.21. The molecule has 2 heterocycles. The fourth-order valence-electron chi connectivity index (χ4n) is 3.24. The third-order valence-electron chi connectivity index (χ3n) is 4.63. The maximum Gasteiger partial charge on any atom is 0.256 e. The fourth-order valence-corrected chi connectivity index (χ4v) is 3.63.